The van der Waals surface area contributed by atoms with Crippen molar-refractivity contribution in [2.75, 3.05) is 20.8 Å². The van der Waals surface area contributed by atoms with E-state index in [1.54, 1.807) is 26.0 Å². The van der Waals surface area contributed by atoms with Gasteiger partial charge in [0.1, 0.15) is 0 Å². The van der Waals surface area contributed by atoms with Crippen LogP contribution in [0.2, 0.25) is 0 Å². The molecule has 0 saturated carbocycles. The average molecular weight is 503 g/mol. The first-order chi connectivity index (χ1) is 12.7. The summed E-state index contributed by atoms with van der Waals surface area (Å²) < 4.78 is 19.4. The second-order valence-corrected chi connectivity index (χ2v) is 8.55. The summed E-state index contributed by atoms with van der Waals surface area (Å²) in [6.07, 6.45) is 0. The number of benzene rings is 2. The molecule has 1 aliphatic rings. The van der Waals surface area contributed by atoms with Crippen LogP contribution in [0.25, 0.3) is 0 Å². The second-order valence-electron chi connectivity index (χ2n) is 5.21. The van der Waals surface area contributed by atoms with Crippen molar-refractivity contribution in [3.05, 3.63) is 92.5 Å². The van der Waals surface area contributed by atoms with Gasteiger partial charge in [-0.25, -0.2) is 0 Å². The van der Waals surface area contributed by atoms with Crippen molar-refractivity contribution in [3.8, 4) is 11.5 Å². The smallest absolute Gasteiger partial charge is 0.510 e. The molecule has 2 aromatic carbocycles. The van der Waals surface area contributed by atoms with E-state index in [0.717, 1.165) is 29.2 Å². The summed E-state index contributed by atoms with van der Waals surface area (Å²) >= 11 is 1.63. The fourth-order valence-electron chi connectivity index (χ4n) is 2.01. The number of halogens is 1. The monoisotopic (exact) mass is 503 g/mol. The summed E-state index contributed by atoms with van der Waals surface area (Å²) in [6, 6.07) is 15.6. The zero-order valence-electron chi connectivity index (χ0n) is 16.9. The zero-order valence-corrected chi connectivity index (χ0v) is 19.9. The first kappa shape index (κ1) is 27.0. The van der Waals surface area contributed by atoms with Crippen LogP contribution in [0.1, 0.15) is 11.1 Å². The molecular formula is C22H25ILiO3S-3. The molecule has 2 aromatic rings. The number of methoxy groups -OCH3 is 2. The minimum Gasteiger partial charge on any atom is -0.510 e. The van der Waals surface area contributed by atoms with E-state index in [2.05, 4.69) is 27.9 Å². The molecule has 0 aliphatic carbocycles. The summed E-state index contributed by atoms with van der Waals surface area (Å²) in [5, 5.41) is 5.28. The SMILES string of the molecule is COc1cccc(COCC2=CS[C-]=C[I-]2)c1.[CH2-]c1cccc(OC)c1.[CH3-].[Li+]. The third kappa shape index (κ3) is 10.5. The van der Waals surface area contributed by atoms with Crippen LogP contribution in [-0.2, 0) is 11.3 Å². The van der Waals surface area contributed by atoms with Gasteiger partial charge in [0.15, 0.2) is 0 Å². The molecule has 28 heavy (non-hydrogen) atoms. The largest absolute Gasteiger partial charge is 1.00 e. The molecule has 1 aliphatic heterocycles. The molecule has 3 rings (SSSR count). The molecule has 1 heterocycles. The standard InChI is InChI=1S/C13H13IO2S.C8H9O.CH3.Li/c1-15-13-4-2-3-11(7-13)8-16-9-12-10-17-6-5-14-12;1-7-4-3-5-8(6-7)9-2;;/h2-5,7,10H,8-9H2,1H3;3-6H,1H2,2H3;1H3;/q-2;2*-1;+1. The molecule has 0 radical (unpaired) electrons. The summed E-state index contributed by atoms with van der Waals surface area (Å²) in [5.41, 5.74) is 2.13. The van der Waals surface area contributed by atoms with E-state index in [0.29, 0.717) is 6.61 Å². The first-order valence-corrected chi connectivity index (χ1v) is 11.1. The normalized spacial score (nSPS) is 12.0. The maximum Gasteiger partial charge on any atom is 1.00 e. The summed E-state index contributed by atoms with van der Waals surface area (Å²) in [7, 11) is 3.33. The minimum absolute atomic E-state index is 0. The van der Waals surface area contributed by atoms with E-state index in [1.807, 2.05) is 42.5 Å². The fourth-order valence-corrected chi connectivity index (χ4v) is 4.86. The Kier molecular flexibility index (Phi) is 15.3. The van der Waals surface area contributed by atoms with Gasteiger partial charge in [-0.05, 0) is 6.07 Å². The van der Waals surface area contributed by atoms with Crippen LogP contribution in [0.3, 0.4) is 0 Å². The molecule has 0 unspecified atom stereocenters. The van der Waals surface area contributed by atoms with Crippen molar-refractivity contribution in [1.29, 1.82) is 0 Å². The third-order valence-electron chi connectivity index (χ3n) is 3.27. The summed E-state index contributed by atoms with van der Waals surface area (Å²) in [6.45, 7) is 5.12. The van der Waals surface area contributed by atoms with Gasteiger partial charge in [0.05, 0.1) is 12.9 Å². The van der Waals surface area contributed by atoms with E-state index >= 15 is 0 Å². The van der Waals surface area contributed by atoms with E-state index in [-0.39, 0.29) is 47.5 Å². The van der Waals surface area contributed by atoms with Gasteiger partial charge in [0, 0.05) is 0 Å². The molecule has 6 heteroatoms. The topological polar surface area (TPSA) is 27.7 Å². The van der Waals surface area contributed by atoms with Gasteiger partial charge in [0.2, 0.25) is 0 Å². The molecule has 148 valence electrons. The molecule has 0 spiro atoms. The number of thioether (sulfide) groups is 1. The van der Waals surface area contributed by atoms with Crippen molar-refractivity contribution >= 4 is 11.8 Å². The Morgan fingerprint density at radius 2 is 1.68 bits per heavy atom. The molecule has 0 bridgehead atoms. The Labute approximate surface area is 196 Å². The zero-order chi connectivity index (χ0) is 18.6. The first-order valence-electron chi connectivity index (χ1n) is 7.93. The molecule has 0 atom stereocenters. The van der Waals surface area contributed by atoms with Crippen molar-refractivity contribution in [1.82, 2.24) is 0 Å². The molecule has 3 nitrogen and oxygen atoms in total. The van der Waals surface area contributed by atoms with E-state index in [4.69, 9.17) is 14.2 Å². The Morgan fingerprint density at radius 1 is 1.00 bits per heavy atom. The van der Waals surface area contributed by atoms with E-state index < -0.39 is 0 Å². The Hall–Kier alpha value is -0.973. The number of hydrogen-bond acceptors (Lipinski definition) is 4. The van der Waals surface area contributed by atoms with Crippen molar-refractivity contribution in [2.24, 2.45) is 0 Å². The van der Waals surface area contributed by atoms with E-state index in [1.165, 1.54) is 3.58 Å². The number of ether oxygens (including phenoxy) is 3. The maximum absolute atomic E-state index is 5.70. The minimum atomic E-state index is 0. The van der Waals surface area contributed by atoms with Crippen LogP contribution in [0.15, 0.2) is 61.6 Å². The Bertz CT molecular complexity index is 750. The average Bonchev–Trinajstić information content (AvgIpc) is 2.69. The van der Waals surface area contributed by atoms with Gasteiger partial charge >= 0.3 is 136 Å². The third-order valence-corrected chi connectivity index (χ3v) is 6.82. The maximum atomic E-state index is 5.70. The molecule has 0 N–H and O–H groups in total. The van der Waals surface area contributed by atoms with Gasteiger partial charge in [-0.2, -0.15) is 18.6 Å². The second kappa shape index (κ2) is 15.9. The number of rotatable bonds is 6. The van der Waals surface area contributed by atoms with Crippen LogP contribution in [0.5, 0.6) is 11.5 Å². The van der Waals surface area contributed by atoms with Crippen LogP contribution in [0, 0.1) is 19.8 Å². The molecule has 0 aromatic heterocycles. The van der Waals surface area contributed by atoms with Gasteiger partial charge in [0.25, 0.3) is 0 Å². The van der Waals surface area contributed by atoms with Gasteiger partial charge in [-0.15, -0.1) is 12.1 Å². The molecule has 0 saturated heterocycles. The molecular weight excluding hydrogens is 478 g/mol. The Balaban J connectivity index is 0.000000570. The van der Waals surface area contributed by atoms with Crippen LogP contribution in [-0.4, -0.2) is 20.8 Å². The predicted octanol–water partition coefficient (Wildman–Crippen LogP) is -0.505. The van der Waals surface area contributed by atoms with Crippen molar-refractivity contribution in [2.45, 2.75) is 6.61 Å². The van der Waals surface area contributed by atoms with Crippen LogP contribution < -0.4 is 49.5 Å². The summed E-state index contributed by atoms with van der Waals surface area (Å²) in [4.78, 5) is 0. The van der Waals surface area contributed by atoms with Gasteiger partial charge < -0.3 is 12.2 Å². The Morgan fingerprint density at radius 3 is 2.25 bits per heavy atom. The molecule has 0 amide bonds. The van der Waals surface area contributed by atoms with E-state index in [9.17, 15) is 0 Å². The fraction of sp³-hybridized carbons (Fsp3) is 0.182. The van der Waals surface area contributed by atoms with Crippen LogP contribution in [0.4, 0.5) is 0 Å². The van der Waals surface area contributed by atoms with Gasteiger partial charge in [-0.1, -0.05) is 0 Å². The number of hydrogen-bond donors (Lipinski definition) is 0. The quantitative estimate of drug-likeness (QED) is 0.302. The molecule has 0 fully saturated rings. The van der Waals surface area contributed by atoms with Crippen molar-refractivity contribution in [3.63, 3.8) is 0 Å². The summed E-state index contributed by atoms with van der Waals surface area (Å²) in [5.74, 6) is 1.74. The van der Waals surface area contributed by atoms with Gasteiger partial charge in [-0.3, -0.25) is 0 Å². The van der Waals surface area contributed by atoms with Crippen molar-refractivity contribution < 1.29 is 54.3 Å². The predicted molar refractivity (Wildman–Crippen MR) is 110 cm³/mol. The van der Waals surface area contributed by atoms with Crippen LogP contribution >= 0.6 is 11.8 Å².